The van der Waals surface area contributed by atoms with Crippen molar-refractivity contribution in [2.24, 2.45) is 5.10 Å². The molecule has 0 aliphatic carbocycles. The minimum atomic E-state index is -4.06. The highest BCUT2D eigenvalue weighted by molar-refractivity contribution is 9.10. The Bertz CT molecular complexity index is 1570. The van der Waals surface area contributed by atoms with E-state index in [1.165, 1.54) is 12.1 Å². The van der Waals surface area contributed by atoms with Crippen LogP contribution >= 0.6 is 27.5 Å². The number of para-hydroxylation sites is 1. The number of hydrazone groups is 1. The van der Waals surface area contributed by atoms with E-state index in [1.807, 2.05) is 44.2 Å². The number of carbonyl (C=O) groups is 1. The third-order valence-electron chi connectivity index (χ3n) is 5.67. The van der Waals surface area contributed by atoms with Gasteiger partial charge in [0.15, 0.2) is 0 Å². The number of sulfonamides is 1. The summed E-state index contributed by atoms with van der Waals surface area (Å²) in [7, 11) is -4.06. The molecule has 1 amide bonds. The molecule has 0 bridgehead atoms. The van der Waals surface area contributed by atoms with Gasteiger partial charge in [0.05, 0.1) is 21.8 Å². The summed E-state index contributed by atoms with van der Waals surface area (Å²) in [6.07, 6.45) is 1.54. The van der Waals surface area contributed by atoms with Crippen molar-refractivity contribution in [1.82, 2.24) is 9.99 Å². The lowest BCUT2D eigenvalue weighted by molar-refractivity contribution is -0.119. The van der Waals surface area contributed by atoms with Gasteiger partial charge < -0.3 is 4.57 Å². The Morgan fingerprint density at radius 1 is 1.03 bits per heavy atom. The minimum absolute atomic E-state index is 0.0474. The molecule has 0 saturated carbocycles. The fraction of sp³-hybridized carbons (Fsp3) is 0.111. The van der Waals surface area contributed by atoms with Crippen LogP contribution in [-0.4, -0.2) is 31.7 Å². The molecule has 0 fully saturated rings. The second-order valence-electron chi connectivity index (χ2n) is 8.21. The molecule has 4 aromatic rings. The predicted octanol–water partition coefficient (Wildman–Crippen LogP) is 5.86. The molecule has 0 radical (unpaired) electrons. The maximum absolute atomic E-state index is 13.4. The van der Waals surface area contributed by atoms with Crippen LogP contribution in [0.5, 0.6) is 0 Å². The van der Waals surface area contributed by atoms with Gasteiger partial charge in [-0.25, -0.2) is 13.8 Å². The van der Waals surface area contributed by atoms with Gasteiger partial charge in [0.2, 0.25) is 0 Å². The number of amides is 1. The Labute approximate surface area is 229 Å². The molecule has 0 aliphatic heterocycles. The van der Waals surface area contributed by atoms with Crippen LogP contribution in [0.1, 0.15) is 17.0 Å². The molecule has 7 nitrogen and oxygen atoms in total. The third kappa shape index (κ3) is 5.95. The van der Waals surface area contributed by atoms with E-state index in [-0.39, 0.29) is 15.6 Å². The largest absolute Gasteiger partial charge is 0.318 e. The van der Waals surface area contributed by atoms with E-state index in [9.17, 15) is 13.2 Å². The standard InChI is InChI=1S/C27H24BrClN4O3S/c1-19-15-21(20(2)33(19)23-10-8-9-22(28)16-23)17-30-31-27(34)18-32(26-14-7-6-13-25(26)29)37(35,36)24-11-4-3-5-12-24/h3-17H,18H2,1-2H3,(H,31,34)/b30-17-. The zero-order valence-corrected chi connectivity index (χ0v) is 23.3. The van der Waals surface area contributed by atoms with Crippen molar-refractivity contribution in [3.63, 3.8) is 0 Å². The Balaban J connectivity index is 1.56. The molecule has 1 N–H and O–H groups in total. The van der Waals surface area contributed by atoms with Gasteiger partial charge in [-0.3, -0.25) is 9.10 Å². The first-order valence-electron chi connectivity index (χ1n) is 11.3. The molecule has 1 aromatic heterocycles. The highest BCUT2D eigenvalue weighted by Crippen LogP contribution is 2.30. The van der Waals surface area contributed by atoms with Crippen LogP contribution in [0.2, 0.25) is 5.02 Å². The molecular formula is C27H24BrClN4O3S. The second kappa shape index (κ2) is 11.3. The van der Waals surface area contributed by atoms with E-state index in [4.69, 9.17) is 11.6 Å². The lowest BCUT2D eigenvalue weighted by atomic mass is 10.2. The number of hydrogen-bond acceptors (Lipinski definition) is 4. The Hall–Kier alpha value is -3.40. The Morgan fingerprint density at radius 2 is 1.73 bits per heavy atom. The number of halogens is 2. The van der Waals surface area contributed by atoms with Crippen molar-refractivity contribution in [2.75, 3.05) is 10.8 Å². The maximum atomic E-state index is 13.4. The predicted molar refractivity (Wildman–Crippen MR) is 151 cm³/mol. The van der Waals surface area contributed by atoms with E-state index in [2.05, 4.69) is 31.0 Å². The first-order chi connectivity index (χ1) is 17.7. The van der Waals surface area contributed by atoms with Crippen LogP contribution in [0, 0.1) is 13.8 Å². The molecule has 3 aromatic carbocycles. The molecular weight excluding hydrogens is 576 g/mol. The summed E-state index contributed by atoms with van der Waals surface area (Å²) in [4.78, 5) is 12.9. The van der Waals surface area contributed by atoms with Crippen LogP contribution < -0.4 is 9.73 Å². The second-order valence-corrected chi connectivity index (χ2v) is 11.4. The van der Waals surface area contributed by atoms with Gasteiger partial charge in [0, 0.05) is 27.1 Å². The number of anilines is 1. The van der Waals surface area contributed by atoms with Crippen molar-refractivity contribution in [1.29, 1.82) is 0 Å². The molecule has 0 unspecified atom stereocenters. The summed E-state index contributed by atoms with van der Waals surface area (Å²) in [6.45, 7) is 3.44. The maximum Gasteiger partial charge on any atom is 0.264 e. The first kappa shape index (κ1) is 26.7. The topological polar surface area (TPSA) is 83.8 Å². The van der Waals surface area contributed by atoms with Gasteiger partial charge in [0.1, 0.15) is 6.54 Å². The molecule has 190 valence electrons. The molecule has 0 spiro atoms. The van der Waals surface area contributed by atoms with Gasteiger partial charge in [-0.2, -0.15) is 5.10 Å². The van der Waals surface area contributed by atoms with Crippen molar-refractivity contribution in [2.45, 2.75) is 18.7 Å². The number of aromatic nitrogens is 1. The normalized spacial score (nSPS) is 11.6. The summed E-state index contributed by atoms with van der Waals surface area (Å²) in [5.41, 5.74) is 6.40. The minimum Gasteiger partial charge on any atom is -0.318 e. The van der Waals surface area contributed by atoms with Gasteiger partial charge in [0.25, 0.3) is 15.9 Å². The Kier molecular flexibility index (Phi) is 8.16. The molecule has 37 heavy (non-hydrogen) atoms. The van der Waals surface area contributed by atoms with E-state index in [0.29, 0.717) is 0 Å². The van der Waals surface area contributed by atoms with Crippen LogP contribution in [0.15, 0.2) is 99.4 Å². The first-order valence-corrected chi connectivity index (χ1v) is 13.9. The van der Waals surface area contributed by atoms with Crippen molar-refractivity contribution in [3.8, 4) is 5.69 Å². The quantitative estimate of drug-likeness (QED) is 0.204. The summed E-state index contributed by atoms with van der Waals surface area (Å²) in [5, 5.41) is 4.30. The van der Waals surface area contributed by atoms with Gasteiger partial charge in [-0.05, 0) is 62.4 Å². The molecule has 1 heterocycles. The lowest BCUT2D eigenvalue weighted by Crippen LogP contribution is -2.39. The van der Waals surface area contributed by atoms with Crippen molar-refractivity contribution < 1.29 is 13.2 Å². The van der Waals surface area contributed by atoms with Crippen LogP contribution in [0.25, 0.3) is 5.69 Å². The Morgan fingerprint density at radius 3 is 2.43 bits per heavy atom. The highest BCUT2D eigenvalue weighted by Gasteiger charge is 2.28. The number of benzene rings is 3. The number of carbonyl (C=O) groups excluding carboxylic acids is 1. The number of rotatable bonds is 8. The number of hydrogen-bond donors (Lipinski definition) is 1. The van der Waals surface area contributed by atoms with E-state index < -0.39 is 22.5 Å². The summed E-state index contributed by atoms with van der Waals surface area (Å²) >= 11 is 9.80. The third-order valence-corrected chi connectivity index (χ3v) is 8.26. The van der Waals surface area contributed by atoms with Crippen molar-refractivity contribution >= 4 is 55.4 Å². The fourth-order valence-electron chi connectivity index (χ4n) is 3.94. The number of nitrogens with zero attached hydrogens (tertiary/aromatic N) is 3. The zero-order chi connectivity index (χ0) is 26.6. The summed E-state index contributed by atoms with van der Waals surface area (Å²) in [6, 6.07) is 24.3. The summed E-state index contributed by atoms with van der Waals surface area (Å²) in [5.74, 6) is -0.614. The smallest absolute Gasteiger partial charge is 0.264 e. The summed E-state index contributed by atoms with van der Waals surface area (Å²) < 4.78 is 30.8. The van der Waals surface area contributed by atoms with E-state index in [0.717, 1.165) is 31.4 Å². The zero-order valence-electron chi connectivity index (χ0n) is 20.1. The average Bonchev–Trinajstić information content (AvgIpc) is 3.16. The van der Waals surface area contributed by atoms with E-state index in [1.54, 1.807) is 48.7 Å². The monoisotopic (exact) mass is 598 g/mol. The number of nitrogens with one attached hydrogen (secondary N) is 1. The average molecular weight is 600 g/mol. The lowest BCUT2D eigenvalue weighted by Gasteiger charge is -2.24. The van der Waals surface area contributed by atoms with Gasteiger partial charge >= 0.3 is 0 Å². The highest BCUT2D eigenvalue weighted by atomic mass is 79.9. The molecule has 0 saturated heterocycles. The number of aryl methyl sites for hydroxylation is 1. The van der Waals surface area contributed by atoms with Crippen LogP contribution in [-0.2, 0) is 14.8 Å². The molecule has 4 rings (SSSR count). The molecule has 10 heteroatoms. The van der Waals surface area contributed by atoms with Gasteiger partial charge in [-0.1, -0.05) is 63.9 Å². The van der Waals surface area contributed by atoms with Crippen molar-refractivity contribution in [3.05, 3.63) is 111 Å². The van der Waals surface area contributed by atoms with E-state index >= 15 is 0 Å². The van der Waals surface area contributed by atoms with Crippen LogP contribution in [0.3, 0.4) is 0 Å². The molecule has 0 atom stereocenters. The fourth-order valence-corrected chi connectivity index (χ4v) is 6.08. The van der Waals surface area contributed by atoms with Gasteiger partial charge in [-0.15, -0.1) is 0 Å². The van der Waals surface area contributed by atoms with Crippen LogP contribution in [0.4, 0.5) is 5.69 Å². The molecule has 0 aliphatic rings. The SMILES string of the molecule is Cc1cc(/C=N\NC(=O)CN(c2ccccc2Cl)S(=O)(=O)c2ccccc2)c(C)n1-c1cccc(Br)c1.